The zero-order valence-corrected chi connectivity index (χ0v) is 26.7. The molecule has 0 bridgehead atoms. The normalized spacial score (nSPS) is 15.6. The van der Waals surface area contributed by atoms with E-state index >= 15 is 0 Å². The molecule has 0 aliphatic carbocycles. The smallest absolute Gasteiger partial charge is 0.329 e. The number of primary amides is 1. The average Bonchev–Trinajstić information content (AvgIpc) is 3.42. The van der Waals surface area contributed by atoms with E-state index in [-0.39, 0.29) is 30.7 Å². The lowest BCUT2D eigenvalue weighted by atomic mass is 10.0. The van der Waals surface area contributed by atoms with E-state index in [2.05, 4.69) is 26.6 Å². The van der Waals surface area contributed by atoms with Crippen molar-refractivity contribution >= 4 is 25.9 Å². The number of nitrogens with two attached hydrogens (primary N) is 1. The fourth-order valence-electron chi connectivity index (χ4n) is 4.72. The third-order valence-electron chi connectivity index (χ3n) is 7.24. The number of nitrogens with zero attached hydrogens (tertiary/aromatic N) is 1. The molecule has 0 fully saturated rings. The van der Waals surface area contributed by atoms with Crippen LogP contribution in [0.5, 0.6) is 5.75 Å². The van der Waals surface area contributed by atoms with Gasteiger partial charge in [-0.25, -0.2) is 4.79 Å². The molecule has 1 aromatic rings. The molecule has 0 spiro atoms. The van der Waals surface area contributed by atoms with E-state index in [1.54, 1.807) is 24.4 Å². The first-order valence-corrected chi connectivity index (χ1v) is 19.1. The molecular weight excluding hydrogens is 536 g/mol. The molecule has 8 nitrogen and oxygen atoms in total. The number of para-hydroxylation sites is 1. The molecule has 2 N–H and O–H groups in total. The summed E-state index contributed by atoms with van der Waals surface area (Å²) in [5.74, 6) is -0.502. The van der Waals surface area contributed by atoms with E-state index in [0.717, 1.165) is 70.3 Å². The van der Waals surface area contributed by atoms with Gasteiger partial charge < -0.3 is 24.8 Å². The lowest BCUT2D eigenvalue weighted by molar-refractivity contribution is -0.154. The van der Waals surface area contributed by atoms with Gasteiger partial charge in [0, 0.05) is 27.3 Å². The van der Waals surface area contributed by atoms with Crippen LogP contribution in [0.3, 0.4) is 0 Å². The minimum absolute atomic E-state index is 0.0678. The van der Waals surface area contributed by atoms with Crippen LogP contribution >= 0.6 is 0 Å². The monoisotopic (exact) mass is 588 g/mol. The van der Waals surface area contributed by atoms with Crippen molar-refractivity contribution in [1.29, 1.82) is 0 Å². The Bertz CT molecular complexity index is 977. The summed E-state index contributed by atoms with van der Waals surface area (Å²) in [5, 5.41) is 0. The highest BCUT2D eigenvalue weighted by Gasteiger charge is 2.35. The highest BCUT2D eigenvalue weighted by atomic mass is 28.3. The number of hydrogen-bond donors (Lipinski definition) is 1. The second-order valence-electron chi connectivity index (χ2n) is 12.2. The van der Waals surface area contributed by atoms with Gasteiger partial charge in [-0.15, -0.1) is 0 Å². The Hall–Kier alpha value is -2.65. The van der Waals surface area contributed by atoms with Crippen molar-refractivity contribution in [3.63, 3.8) is 0 Å². The number of ether oxygens (including phenoxy) is 3. The summed E-state index contributed by atoms with van der Waals surface area (Å²) < 4.78 is 17.5. The van der Waals surface area contributed by atoms with Crippen molar-refractivity contribution in [3.8, 4) is 5.75 Å². The van der Waals surface area contributed by atoms with Crippen molar-refractivity contribution in [2.45, 2.75) is 122 Å². The van der Waals surface area contributed by atoms with E-state index in [4.69, 9.17) is 19.9 Å². The zero-order valence-electron chi connectivity index (χ0n) is 25.7. The highest BCUT2D eigenvalue weighted by Crippen LogP contribution is 2.26. The Kier molecular flexibility index (Phi) is 15.8. The molecule has 1 heterocycles. The van der Waals surface area contributed by atoms with Gasteiger partial charge in [0.15, 0.2) is 6.79 Å². The van der Waals surface area contributed by atoms with E-state index in [0.29, 0.717) is 30.8 Å². The number of carbonyl (C=O) groups excluding carboxylic acids is 3. The molecule has 0 saturated heterocycles. The fraction of sp³-hybridized carbons (Fsp3) is 0.656. The Balaban J connectivity index is 1.96. The SMILES string of the molecule is CCCCCCC(CCCCCCC(N)=O)OC(=O)C1CC=CN1C(=O)c1ccccc1OCOCC[Si](C)(C)C. The molecule has 1 aliphatic heterocycles. The molecule has 2 rings (SSSR count). The van der Waals surface area contributed by atoms with Gasteiger partial charge >= 0.3 is 5.97 Å². The van der Waals surface area contributed by atoms with Crippen LogP contribution in [-0.4, -0.2) is 56.3 Å². The number of hydrogen-bond acceptors (Lipinski definition) is 6. The summed E-state index contributed by atoms with van der Waals surface area (Å²) in [6.07, 6.45) is 13.8. The van der Waals surface area contributed by atoms with Gasteiger partial charge in [-0.1, -0.05) is 76.9 Å². The summed E-state index contributed by atoms with van der Waals surface area (Å²) in [6.45, 7) is 9.74. The molecular formula is C32H52N2O6Si. The number of esters is 1. The Morgan fingerprint density at radius 1 is 1.00 bits per heavy atom. The Morgan fingerprint density at radius 3 is 2.37 bits per heavy atom. The third kappa shape index (κ3) is 13.7. The first-order chi connectivity index (χ1) is 19.6. The van der Waals surface area contributed by atoms with E-state index in [9.17, 15) is 14.4 Å². The van der Waals surface area contributed by atoms with Crippen molar-refractivity contribution in [3.05, 3.63) is 42.1 Å². The molecule has 0 aromatic heterocycles. The predicted octanol–water partition coefficient (Wildman–Crippen LogP) is 6.81. The van der Waals surface area contributed by atoms with E-state index in [1.807, 2.05) is 12.1 Å². The molecule has 2 unspecified atom stereocenters. The Morgan fingerprint density at radius 2 is 1.68 bits per heavy atom. The van der Waals surface area contributed by atoms with Crippen LogP contribution in [0.4, 0.5) is 0 Å². The van der Waals surface area contributed by atoms with Crippen molar-refractivity contribution in [1.82, 2.24) is 4.90 Å². The van der Waals surface area contributed by atoms with Gasteiger partial charge in [-0.2, -0.15) is 0 Å². The number of carbonyl (C=O) groups is 3. The number of benzene rings is 1. The van der Waals surface area contributed by atoms with Crippen LogP contribution in [0, 0.1) is 0 Å². The van der Waals surface area contributed by atoms with Crippen LogP contribution in [0.25, 0.3) is 0 Å². The van der Waals surface area contributed by atoms with E-state index < -0.39 is 14.1 Å². The quantitative estimate of drug-likeness (QED) is 0.0731. The predicted molar refractivity (Wildman–Crippen MR) is 165 cm³/mol. The molecule has 9 heteroatoms. The summed E-state index contributed by atoms with van der Waals surface area (Å²) in [7, 11) is -1.20. The molecule has 230 valence electrons. The molecule has 0 saturated carbocycles. The largest absolute Gasteiger partial charge is 0.467 e. The standard InChI is InChI=1S/C32H52N2O6Si/c1-5-6-7-10-16-26(17-11-8-9-12-21-30(33)35)40-32(37)28-19-15-22-34(28)31(36)27-18-13-14-20-29(27)39-25-38-23-24-41(2,3)4/h13-15,18,20,22,26,28H,5-12,16-17,19,21,23-25H2,1-4H3,(H2,33,35). The second-order valence-corrected chi connectivity index (χ2v) is 17.8. The topological polar surface area (TPSA) is 108 Å². The molecule has 1 aromatic carbocycles. The molecule has 41 heavy (non-hydrogen) atoms. The lowest BCUT2D eigenvalue weighted by Crippen LogP contribution is -2.41. The Labute approximate surface area is 248 Å². The number of rotatable bonds is 21. The van der Waals surface area contributed by atoms with Gasteiger partial charge in [-0.05, 0) is 56.7 Å². The van der Waals surface area contributed by atoms with Crippen LogP contribution < -0.4 is 10.5 Å². The van der Waals surface area contributed by atoms with Gasteiger partial charge in [-0.3, -0.25) is 9.59 Å². The van der Waals surface area contributed by atoms with Crippen LogP contribution in [-0.2, 0) is 19.1 Å². The summed E-state index contributed by atoms with van der Waals surface area (Å²) in [6, 6.07) is 7.40. The molecule has 2 amide bonds. The first-order valence-electron chi connectivity index (χ1n) is 15.4. The number of unbranched alkanes of at least 4 members (excludes halogenated alkanes) is 6. The second kappa shape index (κ2) is 18.7. The minimum atomic E-state index is -1.20. The van der Waals surface area contributed by atoms with Crippen LogP contribution in [0.2, 0.25) is 25.7 Å². The zero-order chi connectivity index (χ0) is 30.1. The molecule has 2 atom stereocenters. The maximum Gasteiger partial charge on any atom is 0.329 e. The van der Waals surface area contributed by atoms with E-state index in [1.165, 1.54) is 4.90 Å². The third-order valence-corrected chi connectivity index (χ3v) is 8.95. The summed E-state index contributed by atoms with van der Waals surface area (Å²) in [5.41, 5.74) is 5.62. The van der Waals surface area contributed by atoms with Gasteiger partial charge in [0.2, 0.25) is 5.91 Å². The van der Waals surface area contributed by atoms with Crippen LogP contribution in [0.1, 0.15) is 94.3 Å². The fourth-order valence-corrected chi connectivity index (χ4v) is 5.48. The molecule has 1 aliphatic rings. The van der Waals surface area contributed by atoms with Crippen molar-refractivity contribution < 1.29 is 28.6 Å². The molecule has 0 radical (unpaired) electrons. The maximum absolute atomic E-state index is 13.6. The highest BCUT2D eigenvalue weighted by molar-refractivity contribution is 6.76. The lowest BCUT2D eigenvalue weighted by Gasteiger charge is -2.26. The maximum atomic E-state index is 13.6. The van der Waals surface area contributed by atoms with Gasteiger partial charge in [0.05, 0.1) is 5.56 Å². The number of amides is 2. The van der Waals surface area contributed by atoms with Crippen molar-refractivity contribution in [2.75, 3.05) is 13.4 Å². The van der Waals surface area contributed by atoms with Crippen molar-refractivity contribution in [2.24, 2.45) is 5.73 Å². The first kappa shape index (κ1) is 34.5. The van der Waals surface area contributed by atoms with Crippen LogP contribution in [0.15, 0.2) is 36.5 Å². The minimum Gasteiger partial charge on any atom is -0.467 e. The summed E-state index contributed by atoms with van der Waals surface area (Å²) >= 11 is 0. The van der Waals surface area contributed by atoms with Gasteiger partial charge in [0.25, 0.3) is 5.91 Å². The van der Waals surface area contributed by atoms with Gasteiger partial charge in [0.1, 0.15) is 17.9 Å². The summed E-state index contributed by atoms with van der Waals surface area (Å²) in [4.78, 5) is 39.4. The average molecular weight is 589 g/mol.